The van der Waals surface area contributed by atoms with Crippen molar-refractivity contribution in [3.8, 4) is 0 Å². The smallest absolute Gasteiger partial charge is 0.238 e. The van der Waals surface area contributed by atoms with Gasteiger partial charge < -0.3 is 5.11 Å². The summed E-state index contributed by atoms with van der Waals surface area (Å²) in [5, 5.41) is 19.3. The van der Waals surface area contributed by atoms with E-state index >= 15 is 0 Å². The fourth-order valence-corrected chi connectivity index (χ4v) is 1.34. The average molecular weight is 145 g/mol. The molecule has 0 radical (unpaired) electrons. The Bertz CT molecular complexity index is 137. The fourth-order valence-electron chi connectivity index (χ4n) is 1.34. The lowest BCUT2D eigenvalue weighted by Gasteiger charge is -2.20. The molecule has 1 rings (SSSR count). The molecule has 0 aliphatic heterocycles. The minimum atomic E-state index is -0.705. The molecule has 0 aromatic carbocycles. The highest BCUT2D eigenvalue weighted by Gasteiger charge is 2.31. The summed E-state index contributed by atoms with van der Waals surface area (Å²) >= 11 is 0. The monoisotopic (exact) mass is 145 g/mol. The Balaban J connectivity index is 2.47. The molecule has 1 saturated carbocycles. The van der Waals surface area contributed by atoms with Crippen LogP contribution in [0.1, 0.15) is 25.7 Å². The second-order valence-electron chi connectivity index (χ2n) is 2.70. The summed E-state index contributed by atoms with van der Waals surface area (Å²) in [6.45, 7) is 0. The summed E-state index contributed by atoms with van der Waals surface area (Å²) in [5.74, 6) is 0. The lowest BCUT2D eigenvalue weighted by atomic mass is 9.93. The summed E-state index contributed by atoms with van der Waals surface area (Å²) in [7, 11) is 0. The van der Waals surface area contributed by atoms with Crippen LogP contribution in [0.2, 0.25) is 0 Å². The number of nitrogens with zero attached hydrogens (tertiary/aromatic N) is 1. The van der Waals surface area contributed by atoms with E-state index in [0.717, 1.165) is 12.8 Å². The van der Waals surface area contributed by atoms with Crippen LogP contribution >= 0.6 is 0 Å². The van der Waals surface area contributed by atoms with Crippen LogP contribution in [0.4, 0.5) is 0 Å². The predicted octanol–water partition coefficient (Wildman–Crippen LogP) is 0.567. The molecule has 1 fully saturated rings. The molecule has 0 aromatic heterocycles. The van der Waals surface area contributed by atoms with Gasteiger partial charge in [0.25, 0.3) is 0 Å². The quantitative estimate of drug-likeness (QED) is 0.433. The highest BCUT2D eigenvalue weighted by Crippen LogP contribution is 2.19. The van der Waals surface area contributed by atoms with Gasteiger partial charge in [0.2, 0.25) is 6.04 Å². The zero-order valence-electron chi connectivity index (χ0n) is 5.69. The molecule has 0 heterocycles. The average Bonchev–Trinajstić information content (AvgIpc) is 1.88. The van der Waals surface area contributed by atoms with Crippen molar-refractivity contribution in [2.45, 2.75) is 37.8 Å². The highest BCUT2D eigenvalue weighted by atomic mass is 16.6. The van der Waals surface area contributed by atoms with E-state index in [0.29, 0.717) is 12.8 Å². The Labute approximate surface area is 59.0 Å². The van der Waals surface area contributed by atoms with Crippen LogP contribution in [0.25, 0.3) is 0 Å². The van der Waals surface area contributed by atoms with E-state index in [9.17, 15) is 10.1 Å². The highest BCUT2D eigenvalue weighted by molar-refractivity contribution is 4.73. The molecule has 0 aromatic rings. The SMILES string of the molecule is O=[N+]([O-])C1CCCCC1O. The summed E-state index contributed by atoms with van der Waals surface area (Å²) in [4.78, 5) is 9.84. The summed E-state index contributed by atoms with van der Waals surface area (Å²) in [5.41, 5.74) is 0. The molecule has 0 saturated heterocycles. The largest absolute Gasteiger partial charge is 0.386 e. The van der Waals surface area contributed by atoms with Gasteiger partial charge in [-0.2, -0.15) is 0 Å². The van der Waals surface area contributed by atoms with E-state index in [2.05, 4.69) is 0 Å². The molecular weight excluding hydrogens is 134 g/mol. The third-order valence-electron chi connectivity index (χ3n) is 1.96. The molecule has 0 bridgehead atoms. The first-order chi connectivity index (χ1) is 4.72. The second kappa shape index (κ2) is 2.96. The van der Waals surface area contributed by atoms with Crippen LogP contribution in [0, 0.1) is 10.1 Å². The molecule has 1 N–H and O–H groups in total. The van der Waals surface area contributed by atoms with Gasteiger partial charge in [0, 0.05) is 11.3 Å². The van der Waals surface area contributed by atoms with Crippen LogP contribution in [0.15, 0.2) is 0 Å². The van der Waals surface area contributed by atoms with Crippen LogP contribution in [0.3, 0.4) is 0 Å². The van der Waals surface area contributed by atoms with Crippen molar-refractivity contribution in [1.29, 1.82) is 0 Å². The first kappa shape index (κ1) is 7.47. The third-order valence-corrected chi connectivity index (χ3v) is 1.96. The molecule has 1 aliphatic carbocycles. The van der Waals surface area contributed by atoms with Crippen molar-refractivity contribution in [2.24, 2.45) is 0 Å². The molecule has 2 atom stereocenters. The number of aliphatic hydroxyl groups is 1. The van der Waals surface area contributed by atoms with Crippen molar-refractivity contribution >= 4 is 0 Å². The number of hydrogen-bond donors (Lipinski definition) is 1. The van der Waals surface area contributed by atoms with E-state index in [-0.39, 0.29) is 4.92 Å². The van der Waals surface area contributed by atoms with E-state index in [1.807, 2.05) is 0 Å². The summed E-state index contributed by atoms with van der Waals surface area (Å²) < 4.78 is 0. The van der Waals surface area contributed by atoms with Crippen molar-refractivity contribution in [3.05, 3.63) is 10.1 Å². The van der Waals surface area contributed by atoms with E-state index in [1.165, 1.54) is 0 Å². The van der Waals surface area contributed by atoms with Crippen molar-refractivity contribution < 1.29 is 10.0 Å². The summed E-state index contributed by atoms with van der Waals surface area (Å²) in [6, 6.07) is -0.700. The van der Waals surface area contributed by atoms with Gasteiger partial charge in [0.1, 0.15) is 6.10 Å². The Morgan fingerprint density at radius 3 is 2.40 bits per heavy atom. The van der Waals surface area contributed by atoms with E-state index in [4.69, 9.17) is 5.11 Å². The van der Waals surface area contributed by atoms with Gasteiger partial charge in [-0.15, -0.1) is 0 Å². The van der Waals surface area contributed by atoms with Crippen LogP contribution in [0.5, 0.6) is 0 Å². The first-order valence-electron chi connectivity index (χ1n) is 3.53. The molecule has 1 aliphatic rings. The van der Waals surface area contributed by atoms with Gasteiger partial charge >= 0.3 is 0 Å². The molecular formula is C6H11NO3. The van der Waals surface area contributed by atoms with Gasteiger partial charge in [-0.1, -0.05) is 6.42 Å². The fraction of sp³-hybridized carbons (Fsp3) is 1.00. The van der Waals surface area contributed by atoms with Crippen LogP contribution < -0.4 is 0 Å². The van der Waals surface area contributed by atoms with Crippen LogP contribution in [-0.4, -0.2) is 22.2 Å². The van der Waals surface area contributed by atoms with Gasteiger partial charge in [-0.05, 0) is 12.8 Å². The van der Waals surface area contributed by atoms with E-state index in [1.54, 1.807) is 0 Å². The molecule has 4 nitrogen and oxygen atoms in total. The maximum absolute atomic E-state index is 10.2. The van der Waals surface area contributed by atoms with Crippen molar-refractivity contribution in [3.63, 3.8) is 0 Å². The molecule has 10 heavy (non-hydrogen) atoms. The standard InChI is InChI=1S/C6H11NO3/c8-6-4-2-1-3-5(6)7(9)10/h5-6,8H,1-4H2. The van der Waals surface area contributed by atoms with Crippen LogP contribution in [-0.2, 0) is 0 Å². The Morgan fingerprint density at radius 2 is 2.00 bits per heavy atom. The predicted molar refractivity (Wildman–Crippen MR) is 35.3 cm³/mol. The number of nitro groups is 1. The minimum Gasteiger partial charge on any atom is -0.386 e. The van der Waals surface area contributed by atoms with Gasteiger partial charge in [0.15, 0.2) is 0 Å². The molecule has 0 amide bonds. The van der Waals surface area contributed by atoms with Crippen molar-refractivity contribution in [2.75, 3.05) is 0 Å². The summed E-state index contributed by atoms with van der Waals surface area (Å²) in [6.07, 6.45) is 2.22. The topological polar surface area (TPSA) is 63.4 Å². The minimum absolute atomic E-state index is 0.371. The van der Waals surface area contributed by atoms with Gasteiger partial charge in [-0.25, -0.2) is 0 Å². The lowest BCUT2D eigenvalue weighted by Crippen LogP contribution is -2.36. The molecule has 2 unspecified atom stereocenters. The second-order valence-corrected chi connectivity index (χ2v) is 2.70. The number of aliphatic hydroxyl groups excluding tert-OH is 1. The Kier molecular flexibility index (Phi) is 2.21. The number of rotatable bonds is 1. The molecule has 58 valence electrons. The van der Waals surface area contributed by atoms with Crippen molar-refractivity contribution in [1.82, 2.24) is 0 Å². The van der Waals surface area contributed by atoms with E-state index < -0.39 is 12.1 Å². The zero-order chi connectivity index (χ0) is 7.56. The van der Waals surface area contributed by atoms with Gasteiger partial charge in [0.05, 0.1) is 0 Å². The Morgan fingerprint density at radius 1 is 1.40 bits per heavy atom. The maximum Gasteiger partial charge on any atom is 0.238 e. The van der Waals surface area contributed by atoms with Gasteiger partial charge in [-0.3, -0.25) is 10.1 Å². The molecule has 4 heteroatoms. The Hall–Kier alpha value is -0.640. The normalized spacial score (nSPS) is 33.7. The number of hydrogen-bond acceptors (Lipinski definition) is 3. The lowest BCUT2D eigenvalue weighted by molar-refractivity contribution is -0.537. The zero-order valence-corrected chi connectivity index (χ0v) is 5.69. The first-order valence-corrected chi connectivity index (χ1v) is 3.53. The molecule has 0 spiro atoms. The maximum atomic E-state index is 10.2. The third kappa shape index (κ3) is 1.44.